The maximum Gasteiger partial charge on any atom is 0.133 e. The quantitative estimate of drug-likeness (QED) is 0.578. The molecule has 2 aromatic rings. The fourth-order valence-corrected chi connectivity index (χ4v) is 2.65. The van der Waals surface area contributed by atoms with E-state index in [0.29, 0.717) is 10.8 Å². The number of ether oxygens (including phenoxy) is 1. The number of anilines is 1. The number of hydrazine groups is 1. The van der Waals surface area contributed by atoms with Gasteiger partial charge in [-0.05, 0) is 39.7 Å². The lowest BCUT2D eigenvalue weighted by molar-refractivity contribution is 0.412. The minimum absolute atomic E-state index is 0.316. The molecule has 0 radical (unpaired) electrons. The Balaban J connectivity index is 2.46. The molecule has 0 aliphatic rings. The molecule has 0 bridgehead atoms. The zero-order valence-electron chi connectivity index (χ0n) is 10.7. The van der Waals surface area contributed by atoms with E-state index in [0.717, 1.165) is 21.3 Å². The molecule has 0 fully saturated rings. The lowest BCUT2D eigenvalue weighted by atomic mass is 10.00. The maximum absolute atomic E-state index is 5.97. The molecule has 106 valence electrons. The molecule has 0 spiro atoms. The second-order valence-corrected chi connectivity index (χ2v) is 5.41. The van der Waals surface area contributed by atoms with E-state index in [1.165, 1.54) is 6.20 Å². The summed E-state index contributed by atoms with van der Waals surface area (Å²) in [7, 11) is 1.61. The first-order chi connectivity index (χ1) is 9.56. The number of nitrogen functional groups attached to an aromatic ring is 1. The van der Waals surface area contributed by atoms with Crippen LogP contribution in [0.25, 0.3) is 0 Å². The third-order valence-electron chi connectivity index (χ3n) is 2.90. The summed E-state index contributed by atoms with van der Waals surface area (Å²) in [6.45, 7) is 0. The second kappa shape index (κ2) is 6.41. The van der Waals surface area contributed by atoms with Gasteiger partial charge in [0.25, 0.3) is 0 Å². The lowest BCUT2D eigenvalue weighted by Crippen LogP contribution is -2.29. The van der Waals surface area contributed by atoms with Crippen LogP contribution in [0.5, 0.6) is 5.75 Å². The van der Waals surface area contributed by atoms with Gasteiger partial charge in [0.2, 0.25) is 0 Å². The summed E-state index contributed by atoms with van der Waals surface area (Å²) >= 11 is 9.41. The van der Waals surface area contributed by atoms with Crippen molar-refractivity contribution >= 4 is 33.3 Å². The van der Waals surface area contributed by atoms with E-state index in [2.05, 4.69) is 26.3 Å². The highest BCUT2D eigenvalue weighted by atomic mass is 79.9. The number of pyridine rings is 1. The lowest BCUT2D eigenvalue weighted by Gasteiger charge is -2.19. The van der Waals surface area contributed by atoms with Crippen LogP contribution in [0.4, 0.5) is 5.82 Å². The first kappa shape index (κ1) is 15.1. The van der Waals surface area contributed by atoms with E-state index in [-0.39, 0.29) is 6.04 Å². The molecule has 2 rings (SSSR count). The Kier molecular flexibility index (Phi) is 4.82. The van der Waals surface area contributed by atoms with Gasteiger partial charge in [-0.1, -0.05) is 17.7 Å². The first-order valence-corrected chi connectivity index (χ1v) is 6.94. The van der Waals surface area contributed by atoms with Crippen molar-refractivity contribution < 1.29 is 4.74 Å². The Morgan fingerprint density at radius 2 is 2.15 bits per heavy atom. The molecule has 0 amide bonds. The molecule has 1 atom stereocenters. The second-order valence-electron chi connectivity index (χ2n) is 4.12. The molecule has 0 aliphatic heterocycles. The molecule has 0 saturated carbocycles. The average Bonchev–Trinajstić information content (AvgIpc) is 2.44. The van der Waals surface area contributed by atoms with Crippen LogP contribution in [-0.4, -0.2) is 12.1 Å². The summed E-state index contributed by atoms with van der Waals surface area (Å²) in [6, 6.07) is 7.08. The number of methoxy groups -OCH3 is 1. The number of hydrogen-bond donors (Lipinski definition) is 3. The van der Waals surface area contributed by atoms with Crippen LogP contribution in [0.1, 0.15) is 17.2 Å². The molecule has 1 unspecified atom stereocenters. The summed E-state index contributed by atoms with van der Waals surface area (Å²) in [5, 5.41) is 0.502. The van der Waals surface area contributed by atoms with Gasteiger partial charge in [0.1, 0.15) is 11.6 Å². The van der Waals surface area contributed by atoms with Gasteiger partial charge in [-0.2, -0.15) is 0 Å². The molecular formula is C13H14BrClN4O. The molecule has 1 heterocycles. The Labute approximate surface area is 130 Å². The fourth-order valence-electron chi connectivity index (χ4n) is 1.92. The molecule has 5 nitrogen and oxygen atoms in total. The number of hydrogen-bond acceptors (Lipinski definition) is 5. The molecule has 0 aliphatic carbocycles. The van der Waals surface area contributed by atoms with E-state index in [9.17, 15) is 0 Å². The monoisotopic (exact) mass is 356 g/mol. The summed E-state index contributed by atoms with van der Waals surface area (Å²) in [6.07, 6.45) is 1.50. The predicted octanol–water partition coefficient (Wildman–Crippen LogP) is 2.64. The standard InChI is InChI=1S/C13H14BrClN4O/c1-20-11-3-2-7(4-10(11)14)12(19-17)9-5-8(15)6-18-13(9)16/h2-6,12,19H,17H2,1H3,(H2,16,18). The average molecular weight is 358 g/mol. The van der Waals surface area contributed by atoms with E-state index in [1.807, 2.05) is 18.2 Å². The van der Waals surface area contributed by atoms with E-state index >= 15 is 0 Å². The summed E-state index contributed by atoms with van der Waals surface area (Å²) in [5.74, 6) is 6.77. The molecule has 1 aromatic heterocycles. The Hall–Kier alpha value is -1.34. The van der Waals surface area contributed by atoms with Crippen molar-refractivity contribution in [3.05, 3.63) is 51.1 Å². The van der Waals surface area contributed by atoms with Crippen molar-refractivity contribution in [2.75, 3.05) is 12.8 Å². The number of halogens is 2. The predicted molar refractivity (Wildman–Crippen MR) is 83.5 cm³/mol. The van der Waals surface area contributed by atoms with Crippen molar-refractivity contribution in [2.24, 2.45) is 5.84 Å². The van der Waals surface area contributed by atoms with Crippen LogP contribution in [-0.2, 0) is 0 Å². The van der Waals surface area contributed by atoms with Crippen molar-refractivity contribution in [2.45, 2.75) is 6.04 Å². The molecule has 20 heavy (non-hydrogen) atoms. The van der Waals surface area contributed by atoms with Gasteiger partial charge in [-0.3, -0.25) is 5.84 Å². The highest BCUT2D eigenvalue weighted by Crippen LogP contribution is 2.32. The molecule has 0 saturated heterocycles. The van der Waals surface area contributed by atoms with Gasteiger partial charge in [0.15, 0.2) is 0 Å². The van der Waals surface area contributed by atoms with Gasteiger partial charge in [0.05, 0.1) is 22.6 Å². The zero-order valence-corrected chi connectivity index (χ0v) is 13.1. The number of rotatable bonds is 4. The fraction of sp³-hybridized carbons (Fsp3) is 0.154. The Morgan fingerprint density at radius 3 is 2.75 bits per heavy atom. The summed E-state index contributed by atoms with van der Waals surface area (Å²) in [4.78, 5) is 4.04. The number of benzene rings is 1. The van der Waals surface area contributed by atoms with E-state index < -0.39 is 0 Å². The molecule has 1 aromatic carbocycles. The van der Waals surface area contributed by atoms with Crippen LogP contribution >= 0.6 is 27.5 Å². The number of aromatic nitrogens is 1. The topological polar surface area (TPSA) is 86.2 Å². The molecule has 7 heteroatoms. The van der Waals surface area contributed by atoms with Crippen LogP contribution in [0.15, 0.2) is 34.9 Å². The number of nitrogens with zero attached hydrogens (tertiary/aromatic N) is 1. The van der Waals surface area contributed by atoms with E-state index in [1.54, 1.807) is 13.2 Å². The maximum atomic E-state index is 5.97. The summed E-state index contributed by atoms with van der Waals surface area (Å²) < 4.78 is 6.03. The van der Waals surface area contributed by atoms with Crippen LogP contribution < -0.4 is 21.7 Å². The highest BCUT2D eigenvalue weighted by Gasteiger charge is 2.17. The van der Waals surface area contributed by atoms with E-state index in [4.69, 9.17) is 27.9 Å². The SMILES string of the molecule is COc1ccc(C(NN)c2cc(Cl)cnc2N)cc1Br. The van der Waals surface area contributed by atoms with Crippen molar-refractivity contribution in [1.29, 1.82) is 0 Å². The van der Waals surface area contributed by atoms with Crippen LogP contribution in [0.2, 0.25) is 5.02 Å². The normalized spacial score (nSPS) is 12.2. The van der Waals surface area contributed by atoms with Gasteiger partial charge in [-0.25, -0.2) is 10.4 Å². The smallest absolute Gasteiger partial charge is 0.133 e. The zero-order chi connectivity index (χ0) is 14.7. The highest BCUT2D eigenvalue weighted by molar-refractivity contribution is 9.10. The summed E-state index contributed by atoms with van der Waals surface area (Å²) in [5.41, 5.74) is 10.3. The Bertz CT molecular complexity index is 623. The third-order valence-corrected chi connectivity index (χ3v) is 3.73. The van der Waals surface area contributed by atoms with Gasteiger partial charge in [-0.15, -0.1) is 0 Å². The van der Waals surface area contributed by atoms with Gasteiger partial charge < -0.3 is 10.5 Å². The minimum atomic E-state index is -0.316. The van der Waals surface area contributed by atoms with Crippen molar-refractivity contribution in [3.8, 4) is 5.75 Å². The number of nitrogens with one attached hydrogen (secondary N) is 1. The van der Waals surface area contributed by atoms with Gasteiger partial charge in [0, 0.05) is 11.8 Å². The van der Waals surface area contributed by atoms with Crippen LogP contribution in [0, 0.1) is 0 Å². The third kappa shape index (κ3) is 3.04. The molecular weight excluding hydrogens is 344 g/mol. The first-order valence-electron chi connectivity index (χ1n) is 5.77. The van der Waals surface area contributed by atoms with Crippen LogP contribution in [0.3, 0.4) is 0 Å². The largest absolute Gasteiger partial charge is 0.496 e. The van der Waals surface area contributed by atoms with Crippen molar-refractivity contribution in [3.63, 3.8) is 0 Å². The minimum Gasteiger partial charge on any atom is -0.496 e. The number of nitrogens with two attached hydrogens (primary N) is 2. The Morgan fingerprint density at radius 1 is 1.40 bits per heavy atom. The molecule has 5 N–H and O–H groups in total. The van der Waals surface area contributed by atoms with Crippen molar-refractivity contribution in [1.82, 2.24) is 10.4 Å². The van der Waals surface area contributed by atoms with Gasteiger partial charge >= 0.3 is 0 Å².